The topological polar surface area (TPSA) is 55.8 Å². The van der Waals surface area contributed by atoms with Crippen molar-refractivity contribution in [1.82, 2.24) is 4.90 Å². The Morgan fingerprint density at radius 3 is 2.34 bits per heavy atom. The van der Waals surface area contributed by atoms with Crippen LogP contribution in [0.3, 0.4) is 0 Å². The van der Waals surface area contributed by atoms with Crippen LogP contribution < -0.4 is 0 Å². The number of nitrogens with zero attached hydrogens (tertiary/aromatic N) is 1. The van der Waals surface area contributed by atoms with Crippen molar-refractivity contribution in [3.63, 3.8) is 0 Å². The third-order valence-corrected chi connectivity index (χ3v) is 8.84. The lowest BCUT2D eigenvalue weighted by Gasteiger charge is -2.40. The molecule has 0 radical (unpaired) electrons. The second-order valence-corrected chi connectivity index (χ2v) is 12.8. The summed E-state index contributed by atoms with van der Waals surface area (Å²) in [5.74, 6) is 1.24. The number of hydrogen-bond donors (Lipinski definition) is 0. The van der Waals surface area contributed by atoms with Crippen molar-refractivity contribution < 1.29 is 19.1 Å². The molecular weight excluding hydrogens is 494 g/mol. The van der Waals surface area contributed by atoms with Crippen LogP contribution in [-0.4, -0.2) is 46.7 Å². The Labute approximate surface area is 233 Å². The maximum atomic E-state index is 13.6. The largest absolute Gasteiger partial charge is 0.465 e. The van der Waals surface area contributed by atoms with Crippen LogP contribution in [-0.2, 0) is 16.0 Å². The molecule has 0 bridgehead atoms. The normalized spacial score (nSPS) is 16.0. The fourth-order valence-corrected chi connectivity index (χ4v) is 6.82. The van der Waals surface area contributed by atoms with E-state index >= 15 is 0 Å². The van der Waals surface area contributed by atoms with E-state index in [1.54, 1.807) is 0 Å². The third-order valence-electron chi connectivity index (χ3n) is 7.35. The Morgan fingerprint density at radius 1 is 1.05 bits per heavy atom. The molecule has 5 nitrogen and oxygen atoms in total. The van der Waals surface area contributed by atoms with Crippen LogP contribution in [0.1, 0.15) is 88.2 Å². The molecule has 2 aromatic carbocycles. The maximum absolute atomic E-state index is 13.6. The van der Waals surface area contributed by atoms with Crippen molar-refractivity contribution in [1.29, 1.82) is 0 Å². The van der Waals surface area contributed by atoms with Crippen molar-refractivity contribution in [3.05, 3.63) is 59.2 Å². The number of carbonyl (C=O) groups excluding carboxylic acids is 2. The Hall–Kier alpha value is -2.47. The molecule has 1 amide bonds. The second-order valence-electron chi connectivity index (χ2n) is 11.4. The van der Waals surface area contributed by atoms with Gasteiger partial charge in [0.25, 0.3) is 0 Å². The molecule has 6 heteroatoms. The molecule has 2 unspecified atom stereocenters. The van der Waals surface area contributed by atoms with Crippen LogP contribution in [0, 0.1) is 12.8 Å². The first-order valence-electron chi connectivity index (χ1n) is 13.9. The monoisotopic (exact) mass is 539 g/mol. The molecule has 3 rings (SSSR count). The molecular formula is C32H45NO4S. The number of ether oxygens (including phenoxy) is 2. The lowest BCUT2D eigenvalue weighted by Crippen LogP contribution is -2.48. The second kappa shape index (κ2) is 13.5. The van der Waals surface area contributed by atoms with Crippen LogP contribution in [0.15, 0.2) is 42.5 Å². The number of amides is 1. The molecule has 0 N–H and O–H groups in total. The number of esters is 1. The molecule has 1 saturated carbocycles. The van der Waals surface area contributed by atoms with E-state index in [0.717, 1.165) is 28.0 Å². The van der Waals surface area contributed by atoms with Crippen molar-refractivity contribution in [3.8, 4) is 11.1 Å². The lowest BCUT2D eigenvalue weighted by atomic mass is 9.84. The number of rotatable bonds is 9. The zero-order chi connectivity index (χ0) is 27.9. The van der Waals surface area contributed by atoms with Gasteiger partial charge in [-0.3, -0.25) is 0 Å². The van der Waals surface area contributed by atoms with E-state index in [0.29, 0.717) is 23.3 Å². The molecule has 208 valence electrons. The van der Waals surface area contributed by atoms with Gasteiger partial charge in [0, 0.05) is 17.8 Å². The van der Waals surface area contributed by atoms with Gasteiger partial charge in [-0.25, -0.2) is 9.59 Å². The molecule has 1 aliphatic carbocycles. The first kappa shape index (κ1) is 30.1. The van der Waals surface area contributed by atoms with Gasteiger partial charge >= 0.3 is 12.1 Å². The van der Waals surface area contributed by atoms with Gasteiger partial charge in [0.1, 0.15) is 5.60 Å². The lowest BCUT2D eigenvalue weighted by molar-refractivity contribution is 0.0135. The first-order valence-corrected chi connectivity index (χ1v) is 15.0. The smallest absolute Gasteiger partial charge is 0.410 e. The van der Waals surface area contributed by atoms with E-state index in [1.807, 2.05) is 86.8 Å². The molecule has 2 atom stereocenters. The molecule has 1 aliphatic rings. The molecule has 38 heavy (non-hydrogen) atoms. The van der Waals surface area contributed by atoms with Gasteiger partial charge in [-0.2, -0.15) is 11.8 Å². The van der Waals surface area contributed by atoms with Gasteiger partial charge in [-0.15, -0.1) is 0 Å². The summed E-state index contributed by atoms with van der Waals surface area (Å²) < 4.78 is 11.0. The summed E-state index contributed by atoms with van der Waals surface area (Å²) in [4.78, 5) is 28.2. The average molecular weight is 540 g/mol. The van der Waals surface area contributed by atoms with Gasteiger partial charge in [0.05, 0.1) is 12.7 Å². The highest BCUT2D eigenvalue weighted by Crippen LogP contribution is 2.37. The fourth-order valence-electron chi connectivity index (χ4n) is 5.47. The molecule has 2 aromatic rings. The van der Waals surface area contributed by atoms with Crippen LogP contribution in [0.25, 0.3) is 11.1 Å². The highest BCUT2D eigenvalue weighted by Gasteiger charge is 2.35. The van der Waals surface area contributed by atoms with Crippen molar-refractivity contribution in [2.24, 2.45) is 5.92 Å². The number of methoxy groups -OCH3 is 1. The molecule has 0 heterocycles. The van der Waals surface area contributed by atoms with Crippen LogP contribution in [0.5, 0.6) is 0 Å². The number of thioether (sulfide) groups is 1. The summed E-state index contributed by atoms with van der Waals surface area (Å²) in [7, 11) is 1.40. The predicted molar refractivity (Wildman–Crippen MR) is 158 cm³/mol. The average Bonchev–Trinajstić information content (AvgIpc) is 2.89. The van der Waals surface area contributed by atoms with Gasteiger partial charge in [-0.05, 0) is 93.5 Å². The summed E-state index contributed by atoms with van der Waals surface area (Å²) in [6.45, 7) is 12.6. The van der Waals surface area contributed by atoms with E-state index in [-0.39, 0.29) is 18.1 Å². The minimum absolute atomic E-state index is 0.0000880. The van der Waals surface area contributed by atoms with Gasteiger partial charge < -0.3 is 14.4 Å². The first-order chi connectivity index (χ1) is 18.1. The van der Waals surface area contributed by atoms with Crippen LogP contribution in [0.4, 0.5) is 4.79 Å². The van der Waals surface area contributed by atoms with Gasteiger partial charge in [0.2, 0.25) is 0 Å². The van der Waals surface area contributed by atoms with E-state index < -0.39 is 5.60 Å². The molecule has 0 aromatic heterocycles. The van der Waals surface area contributed by atoms with E-state index in [2.05, 4.69) is 13.8 Å². The minimum Gasteiger partial charge on any atom is -0.465 e. The number of hydrogen-bond acceptors (Lipinski definition) is 5. The van der Waals surface area contributed by atoms with E-state index in [4.69, 9.17) is 9.47 Å². The molecule has 1 fully saturated rings. The summed E-state index contributed by atoms with van der Waals surface area (Å²) in [6, 6.07) is 13.8. The Kier molecular flexibility index (Phi) is 10.7. The molecule has 0 saturated heterocycles. The van der Waals surface area contributed by atoms with Gasteiger partial charge in [0.15, 0.2) is 0 Å². The van der Waals surface area contributed by atoms with E-state index in [1.165, 1.54) is 39.2 Å². The minimum atomic E-state index is -0.589. The van der Waals surface area contributed by atoms with Gasteiger partial charge in [-0.1, -0.05) is 56.5 Å². The SMILES string of the molecule is CCSC(C1CCCCC1)C(C)N(Cc1ccc(C(=O)OC)c(-c2ccccc2C)c1)C(=O)OC(C)(C)C. The number of benzene rings is 2. The molecule has 0 spiro atoms. The number of carbonyl (C=O) groups is 2. The highest BCUT2D eigenvalue weighted by molar-refractivity contribution is 7.99. The Bertz CT molecular complexity index is 1090. The predicted octanol–water partition coefficient (Wildman–Crippen LogP) is 8.28. The zero-order valence-electron chi connectivity index (χ0n) is 24.2. The highest BCUT2D eigenvalue weighted by atomic mass is 32.2. The van der Waals surface area contributed by atoms with Crippen molar-refractivity contribution >= 4 is 23.8 Å². The Balaban J connectivity index is 2.02. The van der Waals surface area contributed by atoms with Crippen molar-refractivity contribution in [2.45, 2.75) is 97.1 Å². The van der Waals surface area contributed by atoms with Crippen LogP contribution >= 0.6 is 11.8 Å². The standard InChI is InChI=1S/C32H45NO4S/c1-8-38-29(25-15-10-9-11-16-25)23(3)33(31(35)37-32(4,5)6)21-24-18-19-27(30(34)36-7)28(20-24)26-17-13-12-14-22(26)2/h12-14,17-20,23,25,29H,8-11,15-16,21H2,1-7H3. The fraction of sp³-hybridized carbons (Fsp3) is 0.562. The van der Waals surface area contributed by atoms with E-state index in [9.17, 15) is 9.59 Å². The zero-order valence-corrected chi connectivity index (χ0v) is 25.0. The summed E-state index contributed by atoms with van der Waals surface area (Å²) >= 11 is 1.97. The quantitative estimate of drug-likeness (QED) is 0.300. The summed E-state index contributed by atoms with van der Waals surface area (Å²) in [5, 5.41) is 0.345. The molecule has 0 aliphatic heterocycles. The third kappa shape index (κ3) is 7.78. The summed E-state index contributed by atoms with van der Waals surface area (Å²) in [6.07, 6.45) is 5.97. The van der Waals surface area contributed by atoms with Crippen molar-refractivity contribution in [2.75, 3.05) is 12.9 Å². The summed E-state index contributed by atoms with van der Waals surface area (Å²) in [5.41, 5.74) is 3.75. The maximum Gasteiger partial charge on any atom is 0.410 e. The Morgan fingerprint density at radius 2 is 1.74 bits per heavy atom. The number of aryl methyl sites for hydroxylation is 1. The van der Waals surface area contributed by atoms with Crippen LogP contribution in [0.2, 0.25) is 0 Å².